The Morgan fingerprint density at radius 3 is 3.09 bits per heavy atom. The van der Waals surface area contributed by atoms with Gasteiger partial charge in [-0.05, 0) is 19.3 Å². The second-order valence-corrected chi connectivity index (χ2v) is 2.83. The van der Waals surface area contributed by atoms with Crippen LogP contribution in [-0.2, 0) is 4.74 Å². The molecular weight excluding hydrogens is 138 g/mol. The first kappa shape index (κ1) is 8.29. The smallest absolute Gasteiger partial charge is 0.0737 e. The summed E-state index contributed by atoms with van der Waals surface area (Å²) in [4.78, 5) is 0. The number of nitrogens with zero attached hydrogens (tertiary/aromatic N) is 1. The fourth-order valence-corrected chi connectivity index (χ4v) is 1.46. The van der Waals surface area contributed by atoms with Crippen LogP contribution in [0.1, 0.15) is 19.3 Å². The quantitative estimate of drug-likeness (QED) is 0.577. The van der Waals surface area contributed by atoms with Crippen LogP contribution in [0.15, 0.2) is 12.7 Å². The van der Waals surface area contributed by atoms with E-state index in [9.17, 15) is 0 Å². The highest BCUT2D eigenvalue weighted by Gasteiger charge is 2.27. The second kappa shape index (κ2) is 4.15. The highest BCUT2D eigenvalue weighted by molar-refractivity contribution is 4.93. The Morgan fingerprint density at radius 2 is 2.45 bits per heavy atom. The van der Waals surface area contributed by atoms with Crippen molar-refractivity contribution in [2.45, 2.75) is 25.4 Å². The summed E-state index contributed by atoms with van der Waals surface area (Å²) < 4.78 is 5.42. The molecule has 2 atom stereocenters. The molecule has 0 saturated heterocycles. The summed E-state index contributed by atoms with van der Waals surface area (Å²) in [6, 6.07) is 2.26. The minimum atomic E-state index is 0.120. The van der Waals surface area contributed by atoms with Gasteiger partial charge in [0, 0.05) is 0 Å². The molecule has 0 aliphatic heterocycles. The molecule has 0 aromatic carbocycles. The minimum Gasteiger partial charge on any atom is -0.373 e. The van der Waals surface area contributed by atoms with E-state index in [-0.39, 0.29) is 12.0 Å². The van der Waals surface area contributed by atoms with E-state index in [4.69, 9.17) is 10.00 Å². The molecule has 0 spiro atoms. The molecule has 1 aliphatic carbocycles. The summed E-state index contributed by atoms with van der Waals surface area (Å²) in [5.41, 5.74) is 0. The lowest BCUT2D eigenvalue weighted by Gasteiger charge is -2.12. The highest BCUT2D eigenvalue weighted by Crippen LogP contribution is 2.27. The first-order valence-corrected chi connectivity index (χ1v) is 4.00. The minimum absolute atomic E-state index is 0.120. The average molecular weight is 151 g/mol. The van der Waals surface area contributed by atoms with E-state index in [0.29, 0.717) is 6.61 Å². The monoisotopic (exact) mass is 151 g/mol. The Morgan fingerprint density at radius 1 is 1.64 bits per heavy atom. The Bertz CT molecular complexity index is 171. The van der Waals surface area contributed by atoms with Crippen molar-refractivity contribution in [3.8, 4) is 6.07 Å². The van der Waals surface area contributed by atoms with Gasteiger partial charge in [-0.1, -0.05) is 6.08 Å². The number of ether oxygens (including phenoxy) is 1. The van der Waals surface area contributed by atoms with E-state index in [2.05, 4.69) is 12.6 Å². The zero-order valence-corrected chi connectivity index (χ0v) is 6.62. The van der Waals surface area contributed by atoms with Gasteiger partial charge in [0.15, 0.2) is 0 Å². The average Bonchev–Trinajstić information content (AvgIpc) is 2.47. The van der Waals surface area contributed by atoms with Gasteiger partial charge in [0.25, 0.3) is 0 Å². The van der Waals surface area contributed by atoms with Crippen molar-refractivity contribution in [2.75, 3.05) is 6.61 Å². The van der Waals surface area contributed by atoms with E-state index < -0.39 is 0 Å². The summed E-state index contributed by atoms with van der Waals surface area (Å²) in [7, 11) is 0. The number of nitriles is 1. The van der Waals surface area contributed by atoms with Crippen LogP contribution in [0.3, 0.4) is 0 Å². The zero-order valence-electron chi connectivity index (χ0n) is 6.62. The summed E-state index contributed by atoms with van der Waals surface area (Å²) >= 11 is 0. The molecule has 0 radical (unpaired) electrons. The van der Waals surface area contributed by atoms with E-state index in [1.807, 2.05) is 0 Å². The number of hydrogen-bond donors (Lipinski definition) is 0. The van der Waals surface area contributed by atoms with Crippen molar-refractivity contribution < 1.29 is 4.74 Å². The van der Waals surface area contributed by atoms with Crippen LogP contribution in [0.4, 0.5) is 0 Å². The molecule has 0 aromatic heterocycles. The highest BCUT2D eigenvalue weighted by atomic mass is 16.5. The predicted octanol–water partition coefficient (Wildman–Crippen LogP) is 1.88. The van der Waals surface area contributed by atoms with Crippen molar-refractivity contribution in [3.05, 3.63) is 12.7 Å². The van der Waals surface area contributed by atoms with E-state index >= 15 is 0 Å². The third kappa shape index (κ3) is 2.06. The third-order valence-corrected chi connectivity index (χ3v) is 2.05. The lowest BCUT2D eigenvalue weighted by atomic mass is 10.1. The molecule has 11 heavy (non-hydrogen) atoms. The summed E-state index contributed by atoms with van der Waals surface area (Å²) in [6.45, 7) is 4.14. The second-order valence-electron chi connectivity index (χ2n) is 2.83. The Labute approximate surface area is 67.5 Å². The van der Waals surface area contributed by atoms with Gasteiger partial charge in [-0.2, -0.15) is 5.26 Å². The van der Waals surface area contributed by atoms with Gasteiger partial charge >= 0.3 is 0 Å². The summed E-state index contributed by atoms with van der Waals surface area (Å²) in [5, 5.41) is 8.68. The number of hydrogen-bond acceptors (Lipinski definition) is 2. The van der Waals surface area contributed by atoms with Crippen molar-refractivity contribution in [3.63, 3.8) is 0 Å². The summed E-state index contributed by atoms with van der Waals surface area (Å²) in [5.74, 6) is 0.120. The molecule has 2 heteroatoms. The maximum absolute atomic E-state index is 8.68. The van der Waals surface area contributed by atoms with Gasteiger partial charge in [-0.15, -0.1) is 6.58 Å². The van der Waals surface area contributed by atoms with Gasteiger partial charge in [0.2, 0.25) is 0 Å². The SMILES string of the molecule is C=CCOC1CCCC1C#N. The molecule has 0 aromatic rings. The molecule has 1 aliphatic rings. The van der Waals surface area contributed by atoms with Crippen molar-refractivity contribution >= 4 is 0 Å². The molecule has 0 bridgehead atoms. The predicted molar refractivity (Wildman–Crippen MR) is 42.9 cm³/mol. The lowest BCUT2D eigenvalue weighted by Crippen LogP contribution is -2.16. The van der Waals surface area contributed by atoms with E-state index in [1.54, 1.807) is 6.08 Å². The fraction of sp³-hybridized carbons (Fsp3) is 0.667. The maximum atomic E-state index is 8.68. The van der Waals surface area contributed by atoms with Crippen LogP contribution in [0.25, 0.3) is 0 Å². The maximum Gasteiger partial charge on any atom is 0.0737 e. The Hall–Kier alpha value is -0.810. The Kier molecular flexibility index (Phi) is 3.13. The standard InChI is InChI=1S/C9H13NO/c1-2-6-11-9-5-3-4-8(9)7-10/h2,8-9H,1,3-6H2. The fourth-order valence-electron chi connectivity index (χ4n) is 1.46. The topological polar surface area (TPSA) is 33.0 Å². The van der Waals surface area contributed by atoms with Crippen LogP contribution in [-0.4, -0.2) is 12.7 Å². The first-order chi connectivity index (χ1) is 5.38. The zero-order chi connectivity index (χ0) is 8.10. The van der Waals surface area contributed by atoms with Gasteiger partial charge in [-0.25, -0.2) is 0 Å². The van der Waals surface area contributed by atoms with E-state index in [1.165, 1.54) is 0 Å². The van der Waals surface area contributed by atoms with Gasteiger partial charge in [0.1, 0.15) is 0 Å². The van der Waals surface area contributed by atoms with Gasteiger partial charge < -0.3 is 4.74 Å². The first-order valence-electron chi connectivity index (χ1n) is 4.00. The molecule has 0 amide bonds. The van der Waals surface area contributed by atoms with Crippen LogP contribution in [0, 0.1) is 17.2 Å². The molecule has 60 valence electrons. The number of rotatable bonds is 3. The van der Waals surface area contributed by atoms with Crippen molar-refractivity contribution in [1.29, 1.82) is 5.26 Å². The van der Waals surface area contributed by atoms with Crippen molar-refractivity contribution in [2.24, 2.45) is 5.92 Å². The normalized spacial score (nSPS) is 29.7. The third-order valence-electron chi connectivity index (χ3n) is 2.05. The van der Waals surface area contributed by atoms with Crippen molar-refractivity contribution in [1.82, 2.24) is 0 Å². The molecular formula is C9H13NO. The molecule has 0 N–H and O–H groups in total. The molecule has 2 nitrogen and oxygen atoms in total. The van der Waals surface area contributed by atoms with Crippen LogP contribution < -0.4 is 0 Å². The Balaban J connectivity index is 2.32. The molecule has 0 heterocycles. The van der Waals surface area contributed by atoms with E-state index in [0.717, 1.165) is 19.3 Å². The van der Waals surface area contributed by atoms with Crippen LogP contribution >= 0.6 is 0 Å². The summed E-state index contributed by atoms with van der Waals surface area (Å²) in [6.07, 6.45) is 5.05. The van der Waals surface area contributed by atoms with Crippen LogP contribution in [0.5, 0.6) is 0 Å². The molecule has 1 rings (SSSR count). The van der Waals surface area contributed by atoms with Crippen LogP contribution in [0.2, 0.25) is 0 Å². The van der Waals surface area contributed by atoms with Gasteiger partial charge in [0.05, 0.1) is 24.7 Å². The van der Waals surface area contributed by atoms with Gasteiger partial charge in [-0.3, -0.25) is 0 Å². The molecule has 1 fully saturated rings. The molecule has 2 unspecified atom stereocenters. The lowest BCUT2D eigenvalue weighted by molar-refractivity contribution is 0.0614. The molecule has 1 saturated carbocycles. The largest absolute Gasteiger partial charge is 0.373 e.